The molecule has 0 aromatic carbocycles. The number of nitrogens with zero attached hydrogens (tertiary/aromatic N) is 1. The Kier molecular flexibility index (Phi) is 4.41. The molecule has 0 spiro atoms. The van der Waals surface area contributed by atoms with Crippen LogP contribution in [0.3, 0.4) is 0 Å². The van der Waals surface area contributed by atoms with Gasteiger partial charge in [-0.25, -0.2) is 9.37 Å². The fraction of sp³-hybridized carbons (Fsp3) is 0.545. The third kappa shape index (κ3) is 3.81. The summed E-state index contributed by atoms with van der Waals surface area (Å²) in [6.07, 6.45) is 0.920. The number of aliphatic hydroxyl groups excluding tert-OH is 1. The van der Waals surface area contributed by atoms with E-state index in [1.165, 1.54) is 13.8 Å². The van der Waals surface area contributed by atoms with Crippen LogP contribution in [0.1, 0.15) is 25.8 Å². The maximum absolute atomic E-state index is 13.3. The summed E-state index contributed by atoms with van der Waals surface area (Å²) in [5.41, 5.74) is -0.689. The largest absolute Gasteiger partial charge is 0.390 e. The van der Waals surface area contributed by atoms with Crippen molar-refractivity contribution in [3.05, 3.63) is 28.2 Å². The van der Waals surface area contributed by atoms with Crippen LogP contribution in [0.5, 0.6) is 0 Å². The van der Waals surface area contributed by atoms with Crippen LogP contribution in [-0.2, 0) is 6.42 Å². The van der Waals surface area contributed by atoms with E-state index >= 15 is 0 Å². The molecule has 0 aliphatic carbocycles. The van der Waals surface area contributed by atoms with Crippen molar-refractivity contribution < 1.29 is 14.6 Å². The lowest BCUT2D eigenvalue weighted by Gasteiger charge is -2.24. The number of aliphatic hydroxyl groups is 2. The highest BCUT2D eigenvalue weighted by Crippen LogP contribution is 2.18. The number of aromatic nitrogens is 1. The van der Waals surface area contributed by atoms with Crippen LogP contribution in [0.25, 0.3) is 0 Å². The average Bonchev–Trinajstić information content (AvgIpc) is 2.17. The molecule has 0 saturated heterocycles. The molecule has 0 aliphatic rings. The van der Waals surface area contributed by atoms with Gasteiger partial charge in [-0.2, -0.15) is 0 Å². The number of pyridine rings is 1. The van der Waals surface area contributed by atoms with E-state index in [0.717, 1.165) is 6.20 Å². The van der Waals surface area contributed by atoms with Crippen molar-refractivity contribution in [2.75, 3.05) is 0 Å². The van der Waals surface area contributed by atoms with Crippen LogP contribution in [0.4, 0.5) is 4.39 Å². The summed E-state index contributed by atoms with van der Waals surface area (Å²) < 4.78 is 13.8. The Labute approximate surface area is 102 Å². The second-order valence-electron chi connectivity index (χ2n) is 4.31. The number of halogens is 2. The van der Waals surface area contributed by atoms with Gasteiger partial charge in [-0.15, -0.1) is 0 Å². The first-order valence-electron chi connectivity index (χ1n) is 5.01. The van der Waals surface area contributed by atoms with E-state index in [-0.39, 0.29) is 0 Å². The quantitative estimate of drug-likeness (QED) is 0.835. The van der Waals surface area contributed by atoms with Gasteiger partial charge >= 0.3 is 0 Å². The van der Waals surface area contributed by atoms with Gasteiger partial charge in [-0.3, -0.25) is 0 Å². The van der Waals surface area contributed by atoms with Gasteiger partial charge in [0.05, 0.1) is 17.9 Å². The maximum atomic E-state index is 13.3. The first kappa shape index (κ1) is 13.5. The number of rotatable bonds is 4. The lowest BCUT2D eigenvalue weighted by Crippen LogP contribution is -2.36. The molecule has 0 aliphatic heterocycles. The summed E-state index contributed by atoms with van der Waals surface area (Å²) in [4.78, 5) is 3.75. The number of hydrogen-bond acceptors (Lipinski definition) is 3. The van der Waals surface area contributed by atoms with Crippen molar-refractivity contribution in [2.45, 2.75) is 38.4 Å². The Hall–Kier alpha value is -0.520. The minimum atomic E-state index is -1.17. The van der Waals surface area contributed by atoms with E-state index < -0.39 is 17.5 Å². The first-order chi connectivity index (χ1) is 7.30. The molecule has 3 nitrogen and oxygen atoms in total. The van der Waals surface area contributed by atoms with Gasteiger partial charge in [0.15, 0.2) is 0 Å². The van der Waals surface area contributed by atoms with Crippen molar-refractivity contribution >= 4 is 15.9 Å². The molecule has 1 atom stereocenters. The Morgan fingerprint density at radius 3 is 2.75 bits per heavy atom. The Bertz CT molecular complexity index is 365. The van der Waals surface area contributed by atoms with E-state index in [9.17, 15) is 14.6 Å². The zero-order valence-electron chi connectivity index (χ0n) is 9.24. The van der Waals surface area contributed by atoms with Crippen LogP contribution >= 0.6 is 15.9 Å². The highest BCUT2D eigenvalue weighted by Gasteiger charge is 2.24. The monoisotopic (exact) mass is 291 g/mol. The molecule has 16 heavy (non-hydrogen) atoms. The van der Waals surface area contributed by atoms with E-state index in [4.69, 9.17) is 0 Å². The molecular weight excluding hydrogens is 277 g/mol. The minimum absolute atomic E-state index is 0.302. The van der Waals surface area contributed by atoms with Gasteiger partial charge in [0.25, 0.3) is 0 Å². The fourth-order valence-electron chi connectivity index (χ4n) is 1.29. The van der Waals surface area contributed by atoms with E-state index in [0.29, 0.717) is 23.0 Å². The molecule has 1 aromatic rings. The molecule has 1 rings (SSSR count). The minimum Gasteiger partial charge on any atom is -0.390 e. The predicted molar refractivity (Wildman–Crippen MR) is 62.5 cm³/mol. The molecule has 2 N–H and O–H groups in total. The van der Waals surface area contributed by atoms with Gasteiger partial charge in [-0.1, -0.05) is 0 Å². The zero-order chi connectivity index (χ0) is 12.3. The molecule has 1 unspecified atom stereocenters. The second kappa shape index (κ2) is 5.21. The molecule has 90 valence electrons. The average molecular weight is 292 g/mol. The lowest BCUT2D eigenvalue weighted by atomic mass is 9.96. The topological polar surface area (TPSA) is 53.4 Å². The van der Waals surface area contributed by atoms with E-state index in [1.54, 1.807) is 6.07 Å². The summed E-state index contributed by atoms with van der Waals surface area (Å²) >= 11 is 3.15. The molecule has 0 saturated carbocycles. The molecule has 0 bridgehead atoms. The van der Waals surface area contributed by atoms with E-state index in [2.05, 4.69) is 20.9 Å². The van der Waals surface area contributed by atoms with Crippen LogP contribution in [0, 0.1) is 5.82 Å². The number of aryl methyl sites for hydroxylation is 1. The van der Waals surface area contributed by atoms with Crippen molar-refractivity contribution in [3.63, 3.8) is 0 Å². The van der Waals surface area contributed by atoms with Gasteiger partial charge < -0.3 is 10.2 Å². The van der Waals surface area contributed by atoms with Gasteiger partial charge in [0.1, 0.15) is 10.4 Å². The summed E-state index contributed by atoms with van der Waals surface area (Å²) in [6.45, 7) is 3.05. The zero-order valence-corrected chi connectivity index (χ0v) is 10.8. The third-order valence-corrected chi connectivity index (χ3v) is 2.84. The highest BCUT2D eigenvalue weighted by atomic mass is 79.9. The standard InChI is InChI=1S/C11H15BrFNO2/c1-11(2,16)9(15)4-3-7-5-10(12)14-6-8(7)13/h5-6,9,15-16H,3-4H2,1-2H3. The van der Waals surface area contributed by atoms with Crippen molar-refractivity contribution in [2.24, 2.45) is 0 Å². The van der Waals surface area contributed by atoms with Crippen LogP contribution in [0.15, 0.2) is 16.9 Å². The third-order valence-electron chi connectivity index (χ3n) is 2.40. The smallest absolute Gasteiger partial charge is 0.144 e. The summed E-state index contributed by atoms with van der Waals surface area (Å²) in [5.74, 6) is -0.397. The van der Waals surface area contributed by atoms with Crippen LogP contribution < -0.4 is 0 Å². The van der Waals surface area contributed by atoms with E-state index in [1.807, 2.05) is 0 Å². The first-order valence-corrected chi connectivity index (χ1v) is 5.80. The molecule has 1 aromatic heterocycles. The predicted octanol–water partition coefficient (Wildman–Crippen LogP) is 2.05. The van der Waals surface area contributed by atoms with Crippen LogP contribution in [-0.4, -0.2) is 26.9 Å². The fourth-order valence-corrected chi connectivity index (χ4v) is 1.67. The molecule has 1 heterocycles. The molecular formula is C11H15BrFNO2. The Morgan fingerprint density at radius 1 is 1.56 bits per heavy atom. The van der Waals surface area contributed by atoms with Gasteiger partial charge in [0, 0.05) is 0 Å². The molecule has 0 radical (unpaired) electrons. The summed E-state index contributed by atoms with van der Waals surface area (Å²) in [5, 5.41) is 19.1. The molecule has 0 amide bonds. The van der Waals surface area contributed by atoms with Crippen molar-refractivity contribution in [1.82, 2.24) is 4.98 Å². The van der Waals surface area contributed by atoms with Crippen molar-refractivity contribution in [1.29, 1.82) is 0 Å². The Morgan fingerprint density at radius 2 is 2.19 bits per heavy atom. The second-order valence-corrected chi connectivity index (χ2v) is 5.12. The SMILES string of the molecule is CC(C)(O)C(O)CCc1cc(Br)ncc1F. The normalized spacial score (nSPS) is 13.9. The van der Waals surface area contributed by atoms with Gasteiger partial charge in [0.2, 0.25) is 0 Å². The molecule has 5 heteroatoms. The highest BCUT2D eigenvalue weighted by molar-refractivity contribution is 9.10. The van der Waals surface area contributed by atoms with Crippen molar-refractivity contribution in [3.8, 4) is 0 Å². The summed E-state index contributed by atoms with van der Waals surface area (Å²) in [6, 6.07) is 1.58. The number of hydrogen-bond donors (Lipinski definition) is 2. The molecule has 0 fully saturated rings. The van der Waals surface area contributed by atoms with Crippen LogP contribution in [0.2, 0.25) is 0 Å². The lowest BCUT2D eigenvalue weighted by molar-refractivity contribution is -0.0510. The Balaban J connectivity index is 2.64. The summed E-state index contributed by atoms with van der Waals surface area (Å²) in [7, 11) is 0. The van der Waals surface area contributed by atoms with Gasteiger partial charge in [-0.05, 0) is 54.2 Å². The maximum Gasteiger partial charge on any atom is 0.144 e.